The van der Waals surface area contributed by atoms with Crippen molar-refractivity contribution in [3.05, 3.63) is 29.8 Å². The highest BCUT2D eigenvalue weighted by molar-refractivity contribution is 8.01. The van der Waals surface area contributed by atoms with Gasteiger partial charge < -0.3 is 0 Å². The Hall–Kier alpha value is -0.520. The van der Waals surface area contributed by atoms with E-state index in [0.717, 1.165) is 12.1 Å². The quantitative estimate of drug-likeness (QED) is 0.779. The van der Waals surface area contributed by atoms with Crippen molar-refractivity contribution in [2.75, 3.05) is 12.3 Å². The Labute approximate surface area is 106 Å². The zero-order chi connectivity index (χ0) is 12.1. The monoisotopic (exact) mass is 269 g/mol. The van der Waals surface area contributed by atoms with E-state index in [9.17, 15) is 8.42 Å². The maximum Gasteiger partial charge on any atom is 0.178 e. The minimum Gasteiger partial charge on any atom is -0.298 e. The van der Waals surface area contributed by atoms with Crippen LogP contribution in [0.4, 0.5) is 0 Å². The van der Waals surface area contributed by atoms with Crippen LogP contribution in [-0.2, 0) is 14.7 Å². The van der Waals surface area contributed by atoms with E-state index in [-0.39, 0.29) is 10.6 Å². The SMILES string of the molecule is CC1CNC2(CCS(=O)(=O)c3ccccc32)S1. The van der Waals surface area contributed by atoms with Crippen molar-refractivity contribution < 1.29 is 8.42 Å². The lowest BCUT2D eigenvalue weighted by molar-refractivity contribution is 0.476. The van der Waals surface area contributed by atoms with Crippen LogP contribution in [0.25, 0.3) is 0 Å². The number of rotatable bonds is 0. The van der Waals surface area contributed by atoms with Crippen LogP contribution in [0.5, 0.6) is 0 Å². The normalized spacial score (nSPS) is 34.8. The van der Waals surface area contributed by atoms with Crippen LogP contribution in [0.3, 0.4) is 0 Å². The summed E-state index contributed by atoms with van der Waals surface area (Å²) in [4.78, 5) is 0.335. The van der Waals surface area contributed by atoms with E-state index in [0.29, 0.717) is 16.6 Å². The molecule has 1 spiro atoms. The molecular weight excluding hydrogens is 254 g/mol. The first kappa shape index (κ1) is 11.6. The minimum atomic E-state index is -3.08. The first-order chi connectivity index (χ1) is 8.04. The minimum absolute atomic E-state index is 0.179. The molecule has 1 aromatic rings. The van der Waals surface area contributed by atoms with Crippen LogP contribution in [0.2, 0.25) is 0 Å². The predicted octanol–water partition coefficient (Wildman–Crippen LogP) is 1.74. The average molecular weight is 269 g/mol. The third-order valence-electron chi connectivity index (χ3n) is 3.46. The largest absolute Gasteiger partial charge is 0.298 e. The summed E-state index contributed by atoms with van der Waals surface area (Å²) in [6, 6.07) is 7.41. The molecule has 5 heteroatoms. The number of thioether (sulfide) groups is 1. The molecule has 0 bridgehead atoms. The molecule has 0 aromatic heterocycles. The van der Waals surface area contributed by atoms with Gasteiger partial charge in [-0.25, -0.2) is 8.42 Å². The lowest BCUT2D eigenvalue weighted by Crippen LogP contribution is -2.40. The lowest BCUT2D eigenvalue weighted by atomic mass is 10.0. The van der Waals surface area contributed by atoms with Crippen LogP contribution in [0, 0.1) is 0 Å². The zero-order valence-electron chi connectivity index (χ0n) is 9.64. The molecule has 92 valence electrons. The summed E-state index contributed by atoms with van der Waals surface area (Å²) in [6.07, 6.45) is 0.668. The Morgan fingerprint density at radius 2 is 2.18 bits per heavy atom. The second kappa shape index (κ2) is 3.73. The fourth-order valence-corrected chi connectivity index (χ4v) is 6.03. The molecule has 2 aliphatic rings. The first-order valence-electron chi connectivity index (χ1n) is 5.79. The number of benzene rings is 1. The number of fused-ring (bicyclic) bond motifs is 2. The van der Waals surface area contributed by atoms with Gasteiger partial charge in [-0.05, 0) is 12.5 Å². The van der Waals surface area contributed by atoms with E-state index in [2.05, 4.69) is 12.2 Å². The van der Waals surface area contributed by atoms with Crippen LogP contribution in [0.15, 0.2) is 29.2 Å². The highest BCUT2D eigenvalue weighted by Gasteiger charge is 2.46. The maximum atomic E-state index is 12.1. The topological polar surface area (TPSA) is 46.2 Å². The summed E-state index contributed by atoms with van der Waals surface area (Å²) in [6.45, 7) is 3.12. The third-order valence-corrected chi connectivity index (χ3v) is 6.76. The molecule has 2 aliphatic heterocycles. The molecular formula is C12H15NO2S2. The molecule has 2 atom stereocenters. The Kier molecular flexibility index (Phi) is 2.54. The molecule has 0 saturated carbocycles. The predicted molar refractivity (Wildman–Crippen MR) is 69.8 cm³/mol. The van der Waals surface area contributed by atoms with Gasteiger partial charge >= 0.3 is 0 Å². The number of nitrogens with one attached hydrogen (secondary N) is 1. The highest BCUT2D eigenvalue weighted by Crippen LogP contribution is 2.49. The molecule has 1 aromatic carbocycles. The Bertz CT molecular complexity index is 555. The smallest absolute Gasteiger partial charge is 0.178 e. The molecule has 2 unspecified atom stereocenters. The molecule has 0 amide bonds. The summed E-state index contributed by atoms with van der Waals surface area (Å²) in [7, 11) is -3.08. The van der Waals surface area contributed by atoms with Gasteiger partial charge in [0.25, 0.3) is 0 Å². The van der Waals surface area contributed by atoms with Crippen LogP contribution >= 0.6 is 11.8 Å². The summed E-state index contributed by atoms with van der Waals surface area (Å²) in [5.41, 5.74) is 0.945. The Morgan fingerprint density at radius 1 is 1.41 bits per heavy atom. The second-order valence-electron chi connectivity index (χ2n) is 4.70. The Morgan fingerprint density at radius 3 is 2.88 bits per heavy atom. The van der Waals surface area contributed by atoms with Gasteiger partial charge in [-0.3, -0.25) is 5.32 Å². The summed E-state index contributed by atoms with van der Waals surface area (Å²) >= 11 is 1.86. The molecule has 3 nitrogen and oxygen atoms in total. The summed E-state index contributed by atoms with van der Waals surface area (Å²) < 4.78 is 24.1. The van der Waals surface area contributed by atoms with Gasteiger partial charge in [-0.1, -0.05) is 25.1 Å². The van der Waals surface area contributed by atoms with Crippen molar-refractivity contribution in [2.24, 2.45) is 0 Å². The summed E-state index contributed by atoms with van der Waals surface area (Å²) in [5.74, 6) is 0.247. The van der Waals surface area contributed by atoms with E-state index in [1.165, 1.54) is 0 Å². The molecule has 17 heavy (non-hydrogen) atoms. The van der Waals surface area contributed by atoms with E-state index in [1.54, 1.807) is 12.1 Å². The van der Waals surface area contributed by atoms with Crippen molar-refractivity contribution in [2.45, 2.75) is 28.4 Å². The molecule has 1 saturated heterocycles. The molecule has 1 N–H and O–H groups in total. The van der Waals surface area contributed by atoms with E-state index < -0.39 is 9.84 Å². The standard InChI is InChI=1S/C12H15NO2S2/c1-9-8-13-12(16-9)6-7-17(14,15)11-5-3-2-4-10(11)12/h2-5,9,13H,6-8H2,1H3. The second-order valence-corrected chi connectivity index (χ2v) is 8.52. The fraction of sp³-hybridized carbons (Fsp3) is 0.500. The average Bonchev–Trinajstić information content (AvgIpc) is 2.69. The zero-order valence-corrected chi connectivity index (χ0v) is 11.3. The number of hydrogen-bond acceptors (Lipinski definition) is 4. The fourth-order valence-electron chi connectivity index (χ4n) is 2.64. The number of hydrogen-bond donors (Lipinski definition) is 1. The van der Waals surface area contributed by atoms with Crippen LogP contribution < -0.4 is 5.32 Å². The number of sulfone groups is 1. The van der Waals surface area contributed by atoms with Crippen LogP contribution in [0.1, 0.15) is 18.9 Å². The van der Waals surface area contributed by atoms with Crippen LogP contribution in [-0.4, -0.2) is 26.0 Å². The Balaban J connectivity index is 2.18. The maximum absolute atomic E-state index is 12.1. The molecule has 1 fully saturated rings. The van der Waals surface area contributed by atoms with E-state index in [1.807, 2.05) is 23.9 Å². The third kappa shape index (κ3) is 1.72. The van der Waals surface area contributed by atoms with Gasteiger partial charge in [0.15, 0.2) is 9.84 Å². The van der Waals surface area contributed by atoms with Gasteiger partial charge in [-0.15, -0.1) is 11.8 Å². The van der Waals surface area contributed by atoms with Gasteiger partial charge in [0.2, 0.25) is 0 Å². The van der Waals surface area contributed by atoms with Gasteiger partial charge in [0.05, 0.1) is 15.5 Å². The molecule has 0 radical (unpaired) electrons. The lowest BCUT2D eigenvalue weighted by Gasteiger charge is -2.35. The van der Waals surface area contributed by atoms with E-state index >= 15 is 0 Å². The first-order valence-corrected chi connectivity index (χ1v) is 8.32. The summed E-state index contributed by atoms with van der Waals surface area (Å²) in [5, 5.41) is 4.05. The molecule has 2 heterocycles. The van der Waals surface area contributed by atoms with Crippen molar-refractivity contribution in [3.8, 4) is 0 Å². The van der Waals surface area contributed by atoms with Crippen molar-refractivity contribution in [1.29, 1.82) is 0 Å². The van der Waals surface area contributed by atoms with Gasteiger partial charge in [-0.2, -0.15) is 0 Å². The van der Waals surface area contributed by atoms with E-state index in [4.69, 9.17) is 0 Å². The van der Waals surface area contributed by atoms with Gasteiger partial charge in [0, 0.05) is 17.4 Å². The van der Waals surface area contributed by atoms with Gasteiger partial charge in [0.1, 0.15) is 0 Å². The molecule has 0 aliphatic carbocycles. The van der Waals surface area contributed by atoms with Crippen molar-refractivity contribution >= 4 is 21.6 Å². The van der Waals surface area contributed by atoms with Crippen molar-refractivity contribution in [3.63, 3.8) is 0 Å². The van der Waals surface area contributed by atoms with Crippen molar-refractivity contribution in [1.82, 2.24) is 5.32 Å². The molecule has 3 rings (SSSR count). The highest BCUT2D eigenvalue weighted by atomic mass is 32.2.